The topological polar surface area (TPSA) is 42.4 Å². The van der Waals surface area contributed by atoms with E-state index < -0.39 is 0 Å². The second-order valence-electron chi connectivity index (χ2n) is 8.09. The Kier molecular flexibility index (Phi) is 5.48. The number of fused-ring (bicyclic) bond motifs is 3. The Morgan fingerprint density at radius 1 is 1.13 bits per heavy atom. The van der Waals surface area contributed by atoms with Crippen LogP contribution in [0.25, 0.3) is 10.8 Å². The van der Waals surface area contributed by atoms with Gasteiger partial charge in [-0.05, 0) is 71.5 Å². The summed E-state index contributed by atoms with van der Waals surface area (Å²) in [5, 5.41) is 3.49. The number of carbonyl (C=O) groups is 1. The average molecular weight is 419 g/mol. The highest BCUT2D eigenvalue weighted by Crippen LogP contribution is 2.33. The molecule has 154 valence electrons. The normalized spacial score (nSPS) is 17.4. The fourth-order valence-electron chi connectivity index (χ4n) is 4.81. The third kappa shape index (κ3) is 3.61. The summed E-state index contributed by atoms with van der Waals surface area (Å²) in [5.41, 5.74) is 4.46. The molecular formula is C25H26N2O2S. The van der Waals surface area contributed by atoms with Gasteiger partial charge in [-0.1, -0.05) is 30.3 Å². The number of rotatable bonds is 4. The van der Waals surface area contributed by atoms with Crippen LogP contribution in [0, 0.1) is 0 Å². The van der Waals surface area contributed by atoms with Crippen LogP contribution in [0.2, 0.25) is 0 Å². The molecule has 3 aromatic rings. The van der Waals surface area contributed by atoms with Crippen molar-refractivity contribution in [1.82, 2.24) is 9.88 Å². The summed E-state index contributed by atoms with van der Waals surface area (Å²) in [6.45, 7) is 2.31. The van der Waals surface area contributed by atoms with Crippen LogP contribution in [0.3, 0.4) is 0 Å². The van der Waals surface area contributed by atoms with E-state index in [0.29, 0.717) is 6.04 Å². The highest BCUT2D eigenvalue weighted by Gasteiger charge is 2.32. The van der Waals surface area contributed by atoms with E-state index in [4.69, 9.17) is 4.74 Å². The summed E-state index contributed by atoms with van der Waals surface area (Å²) in [6.07, 6.45) is 7.57. The number of amides is 1. The molecule has 2 aliphatic heterocycles. The Morgan fingerprint density at radius 2 is 1.93 bits per heavy atom. The van der Waals surface area contributed by atoms with Crippen LogP contribution in [0.1, 0.15) is 39.9 Å². The predicted octanol–water partition coefficient (Wildman–Crippen LogP) is 4.72. The zero-order valence-corrected chi connectivity index (χ0v) is 18.1. The minimum absolute atomic E-state index is 0.186. The van der Waals surface area contributed by atoms with Gasteiger partial charge in [0.05, 0.1) is 5.03 Å². The van der Waals surface area contributed by atoms with Crippen molar-refractivity contribution in [3.05, 3.63) is 70.9 Å². The molecule has 0 saturated carbocycles. The van der Waals surface area contributed by atoms with Crippen molar-refractivity contribution in [1.29, 1.82) is 0 Å². The Balaban J connectivity index is 1.54. The molecule has 3 heterocycles. The number of hydrogen-bond acceptors (Lipinski definition) is 4. The Morgan fingerprint density at radius 3 is 2.67 bits per heavy atom. The van der Waals surface area contributed by atoms with Crippen molar-refractivity contribution < 1.29 is 9.53 Å². The van der Waals surface area contributed by atoms with Crippen LogP contribution in [-0.4, -0.2) is 47.8 Å². The maximum absolute atomic E-state index is 13.5. The first kappa shape index (κ1) is 19.6. The monoisotopic (exact) mass is 418 g/mol. The van der Waals surface area contributed by atoms with Crippen LogP contribution >= 0.6 is 11.8 Å². The van der Waals surface area contributed by atoms with E-state index in [0.717, 1.165) is 56.0 Å². The molecule has 0 N–H and O–H groups in total. The van der Waals surface area contributed by atoms with Gasteiger partial charge in [-0.3, -0.25) is 4.79 Å². The van der Waals surface area contributed by atoms with Crippen LogP contribution in [0.5, 0.6) is 0 Å². The van der Waals surface area contributed by atoms with Gasteiger partial charge in [0.25, 0.3) is 5.91 Å². The minimum Gasteiger partial charge on any atom is -0.381 e. The van der Waals surface area contributed by atoms with Crippen molar-refractivity contribution in [2.24, 2.45) is 0 Å². The second-order valence-corrected chi connectivity index (χ2v) is 8.91. The standard InChI is InChI=1S/C25H26N2O2S/c1-30-24-7-6-17(16-26-24)14-18-15-23-22(21-5-3-2-4-20(18)21)8-11-27(25(23)28)19-9-12-29-13-10-19/h2-7,15-16,19H,8-14H2,1H3. The zero-order chi connectivity index (χ0) is 20.5. The number of carbonyl (C=O) groups excluding carboxylic acids is 1. The lowest BCUT2D eigenvalue weighted by molar-refractivity contribution is 0.0277. The maximum atomic E-state index is 13.5. The number of benzene rings is 2. The van der Waals surface area contributed by atoms with Crippen LogP contribution < -0.4 is 0 Å². The number of ether oxygens (including phenoxy) is 1. The lowest BCUT2D eigenvalue weighted by Gasteiger charge is -2.38. The molecule has 0 spiro atoms. The van der Waals surface area contributed by atoms with Gasteiger partial charge in [-0.25, -0.2) is 4.98 Å². The molecule has 5 rings (SSSR count). The van der Waals surface area contributed by atoms with Gasteiger partial charge in [-0.15, -0.1) is 11.8 Å². The van der Waals surface area contributed by atoms with Crippen molar-refractivity contribution in [3.8, 4) is 0 Å². The van der Waals surface area contributed by atoms with E-state index in [2.05, 4.69) is 52.3 Å². The third-order valence-electron chi connectivity index (χ3n) is 6.37. The van der Waals surface area contributed by atoms with E-state index in [1.165, 1.54) is 27.5 Å². The molecular weight excluding hydrogens is 392 g/mol. The second kappa shape index (κ2) is 8.40. The molecule has 1 saturated heterocycles. The van der Waals surface area contributed by atoms with E-state index in [1.54, 1.807) is 11.8 Å². The van der Waals surface area contributed by atoms with Crippen LogP contribution in [0.15, 0.2) is 53.7 Å². The molecule has 2 aliphatic rings. The maximum Gasteiger partial charge on any atom is 0.254 e. The first-order valence-electron chi connectivity index (χ1n) is 10.7. The predicted molar refractivity (Wildman–Crippen MR) is 121 cm³/mol. The van der Waals surface area contributed by atoms with E-state index in [9.17, 15) is 4.79 Å². The highest BCUT2D eigenvalue weighted by molar-refractivity contribution is 7.98. The molecule has 0 atom stereocenters. The van der Waals surface area contributed by atoms with Gasteiger partial charge >= 0.3 is 0 Å². The summed E-state index contributed by atoms with van der Waals surface area (Å²) in [5.74, 6) is 0.186. The summed E-state index contributed by atoms with van der Waals surface area (Å²) in [4.78, 5) is 20.1. The van der Waals surface area contributed by atoms with Crippen molar-refractivity contribution in [2.45, 2.75) is 36.8 Å². The molecule has 4 nitrogen and oxygen atoms in total. The van der Waals surface area contributed by atoms with E-state index in [1.807, 2.05) is 12.5 Å². The van der Waals surface area contributed by atoms with E-state index >= 15 is 0 Å². The summed E-state index contributed by atoms with van der Waals surface area (Å²) < 4.78 is 5.51. The molecule has 5 heteroatoms. The Labute approximate surface area is 181 Å². The number of hydrogen-bond donors (Lipinski definition) is 0. The van der Waals surface area contributed by atoms with Gasteiger partial charge in [0.15, 0.2) is 0 Å². The van der Waals surface area contributed by atoms with Crippen molar-refractivity contribution >= 4 is 28.4 Å². The molecule has 30 heavy (non-hydrogen) atoms. The number of aromatic nitrogens is 1. The molecule has 0 unspecified atom stereocenters. The van der Waals surface area contributed by atoms with Crippen molar-refractivity contribution in [2.75, 3.05) is 26.0 Å². The Hall–Kier alpha value is -2.37. The van der Waals surface area contributed by atoms with Gasteiger partial charge in [0.2, 0.25) is 0 Å². The summed E-state index contributed by atoms with van der Waals surface area (Å²) in [6, 6.07) is 15.2. The number of nitrogens with zero attached hydrogens (tertiary/aromatic N) is 2. The molecule has 0 aliphatic carbocycles. The lowest BCUT2D eigenvalue weighted by Crippen LogP contribution is -2.47. The fourth-order valence-corrected chi connectivity index (χ4v) is 5.17. The first-order chi connectivity index (χ1) is 14.7. The van der Waals surface area contributed by atoms with Gasteiger partial charge in [0.1, 0.15) is 0 Å². The van der Waals surface area contributed by atoms with E-state index in [-0.39, 0.29) is 5.91 Å². The Bertz CT molecular complexity index is 1070. The van der Waals surface area contributed by atoms with Crippen LogP contribution in [-0.2, 0) is 17.6 Å². The molecule has 1 fully saturated rings. The smallest absolute Gasteiger partial charge is 0.254 e. The highest BCUT2D eigenvalue weighted by atomic mass is 32.2. The third-order valence-corrected chi connectivity index (χ3v) is 7.03. The molecule has 0 radical (unpaired) electrons. The minimum atomic E-state index is 0.186. The molecule has 1 aromatic heterocycles. The van der Waals surface area contributed by atoms with Crippen LogP contribution in [0.4, 0.5) is 0 Å². The largest absolute Gasteiger partial charge is 0.381 e. The summed E-state index contributed by atoms with van der Waals surface area (Å²) >= 11 is 1.65. The lowest BCUT2D eigenvalue weighted by atomic mass is 9.87. The fraction of sp³-hybridized carbons (Fsp3) is 0.360. The zero-order valence-electron chi connectivity index (χ0n) is 17.3. The number of thioether (sulfide) groups is 1. The number of pyridine rings is 1. The van der Waals surface area contributed by atoms with Gasteiger partial charge < -0.3 is 9.64 Å². The first-order valence-corrected chi connectivity index (χ1v) is 11.9. The van der Waals surface area contributed by atoms with Gasteiger partial charge in [0, 0.05) is 37.6 Å². The SMILES string of the molecule is CSc1ccc(Cc2cc3c(c4ccccc24)CCN(C2CCOCC2)C3=O)cn1. The van der Waals surface area contributed by atoms with Gasteiger partial charge in [-0.2, -0.15) is 0 Å². The molecule has 1 amide bonds. The quantitative estimate of drug-likeness (QED) is 0.575. The molecule has 2 aromatic carbocycles. The summed E-state index contributed by atoms with van der Waals surface area (Å²) in [7, 11) is 0. The van der Waals surface area contributed by atoms with Crippen molar-refractivity contribution in [3.63, 3.8) is 0 Å². The average Bonchev–Trinajstić information content (AvgIpc) is 2.81. The molecule has 0 bridgehead atoms.